The number of benzene rings is 1. The molecule has 1 atom stereocenters. The van der Waals surface area contributed by atoms with Crippen molar-refractivity contribution in [2.45, 2.75) is 51.0 Å². The van der Waals surface area contributed by atoms with E-state index in [1.165, 1.54) is 41.3 Å². The van der Waals surface area contributed by atoms with Gasteiger partial charge in [0.05, 0.1) is 12.1 Å². The van der Waals surface area contributed by atoms with E-state index in [9.17, 15) is 4.79 Å². The molecule has 142 valence electrons. The Kier molecular flexibility index (Phi) is 3.81. The van der Waals surface area contributed by atoms with Crippen LogP contribution in [0.2, 0.25) is 0 Å². The Balaban J connectivity index is 1.44. The largest absolute Gasteiger partial charge is 0.441 e. The molecule has 0 radical (unpaired) electrons. The quantitative estimate of drug-likeness (QED) is 0.770. The van der Waals surface area contributed by atoms with Crippen molar-refractivity contribution in [3.63, 3.8) is 0 Å². The van der Waals surface area contributed by atoms with Crippen LogP contribution in [0.4, 0.5) is 10.6 Å². The van der Waals surface area contributed by atoms with E-state index < -0.39 is 0 Å². The van der Waals surface area contributed by atoms with E-state index in [1.54, 1.807) is 4.90 Å². The van der Waals surface area contributed by atoms with Crippen LogP contribution in [0, 0.1) is 6.92 Å². The zero-order valence-electron chi connectivity index (χ0n) is 16.3. The summed E-state index contributed by atoms with van der Waals surface area (Å²) in [6.07, 6.45) is 6.28. The van der Waals surface area contributed by atoms with Crippen LogP contribution in [0.1, 0.15) is 42.4 Å². The molecule has 1 amide bonds. The van der Waals surface area contributed by atoms with Crippen LogP contribution in [0.5, 0.6) is 0 Å². The smallest absolute Gasteiger partial charge is 0.410 e. The Hall–Kier alpha value is -2.30. The third-order valence-corrected chi connectivity index (χ3v) is 6.58. The van der Waals surface area contributed by atoms with Gasteiger partial charge in [0.1, 0.15) is 11.4 Å². The van der Waals surface area contributed by atoms with Gasteiger partial charge in [0.2, 0.25) is 0 Å². The van der Waals surface area contributed by atoms with Crippen molar-refractivity contribution in [2.75, 3.05) is 31.6 Å². The molecule has 5 heteroatoms. The van der Waals surface area contributed by atoms with E-state index in [2.05, 4.69) is 30.0 Å². The van der Waals surface area contributed by atoms with Gasteiger partial charge in [-0.25, -0.2) is 9.78 Å². The van der Waals surface area contributed by atoms with Gasteiger partial charge in [-0.05, 0) is 73.9 Å². The molecule has 5 nitrogen and oxygen atoms in total. The number of hydrogen-bond acceptors (Lipinski definition) is 4. The highest BCUT2D eigenvalue weighted by atomic mass is 16.6. The summed E-state index contributed by atoms with van der Waals surface area (Å²) in [4.78, 5) is 21.0. The number of rotatable bonds is 1. The van der Waals surface area contributed by atoms with Crippen LogP contribution in [0.3, 0.4) is 0 Å². The molecule has 1 aromatic carbocycles. The van der Waals surface area contributed by atoms with E-state index in [0.717, 1.165) is 43.7 Å². The second-order valence-corrected chi connectivity index (χ2v) is 8.54. The van der Waals surface area contributed by atoms with Crippen LogP contribution in [-0.2, 0) is 17.6 Å². The highest BCUT2D eigenvalue weighted by molar-refractivity contribution is 5.85. The van der Waals surface area contributed by atoms with Crippen molar-refractivity contribution in [3.8, 4) is 0 Å². The number of ether oxygens (including phenoxy) is 1. The third-order valence-electron chi connectivity index (χ3n) is 6.58. The van der Waals surface area contributed by atoms with E-state index >= 15 is 0 Å². The Bertz CT molecular complexity index is 925. The number of aromatic nitrogens is 1. The van der Waals surface area contributed by atoms with Gasteiger partial charge in [-0.15, -0.1) is 0 Å². The monoisotopic (exact) mass is 365 g/mol. The molecule has 0 saturated carbocycles. The molecule has 2 fully saturated rings. The fraction of sp³-hybridized carbons (Fsp3) is 0.545. The second-order valence-electron chi connectivity index (χ2n) is 8.54. The van der Waals surface area contributed by atoms with Crippen molar-refractivity contribution < 1.29 is 9.53 Å². The molecule has 2 saturated heterocycles. The molecule has 2 aromatic rings. The van der Waals surface area contributed by atoms with Crippen LogP contribution in [0.15, 0.2) is 18.2 Å². The summed E-state index contributed by atoms with van der Waals surface area (Å²) < 4.78 is 5.75. The lowest BCUT2D eigenvalue weighted by Gasteiger charge is -2.26. The van der Waals surface area contributed by atoms with Gasteiger partial charge in [0.25, 0.3) is 0 Å². The molecule has 3 heterocycles. The predicted molar refractivity (Wildman–Crippen MR) is 106 cm³/mol. The van der Waals surface area contributed by atoms with E-state index in [4.69, 9.17) is 9.72 Å². The van der Waals surface area contributed by atoms with Gasteiger partial charge < -0.3 is 14.5 Å². The lowest BCUT2D eigenvalue weighted by Crippen LogP contribution is -2.35. The highest BCUT2D eigenvalue weighted by Gasteiger charge is 2.44. The first-order chi connectivity index (χ1) is 13.0. The average Bonchev–Trinajstić information content (AvgIpc) is 3.13. The summed E-state index contributed by atoms with van der Waals surface area (Å²) >= 11 is 0. The average molecular weight is 365 g/mol. The molecule has 0 N–H and O–H groups in total. The zero-order chi connectivity index (χ0) is 18.6. The number of carbonyl (C=O) groups is 1. The predicted octanol–water partition coefficient (Wildman–Crippen LogP) is 3.84. The maximum Gasteiger partial charge on any atom is 0.410 e. The maximum absolute atomic E-state index is 11.9. The molecule has 27 heavy (non-hydrogen) atoms. The van der Waals surface area contributed by atoms with E-state index in [1.807, 2.05) is 7.05 Å². The van der Waals surface area contributed by atoms with Crippen LogP contribution >= 0.6 is 0 Å². The normalized spacial score (nSPS) is 25.2. The van der Waals surface area contributed by atoms with Gasteiger partial charge >= 0.3 is 6.09 Å². The van der Waals surface area contributed by atoms with Gasteiger partial charge in [-0.1, -0.05) is 0 Å². The van der Waals surface area contributed by atoms with Gasteiger partial charge in [0, 0.05) is 31.9 Å². The number of carbonyl (C=O) groups excluding carboxylic acids is 1. The highest BCUT2D eigenvalue weighted by Crippen LogP contribution is 2.35. The topological polar surface area (TPSA) is 45.7 Å². The Labute approximate surface area is 160 Å². The third kappa shape index (κ3) is 2.84. The van der Waals surface area contributed by atoms with Gasteiger partial charge in [-0.3, -0.25) is 0 Å². The molecule has 3 aliphatic rings. The number of aryl methyl sites for hydroxylation is 3. The van der Waals surface area contributed by atoms with Crippen LogP contribution in [-0.4, -0.2) is 48.3 Å². The first-order valence-corrected chi connectivity index (χ1v) is 10.2. The first-order valence-electron chi connectivity index (χ1n) is 10.2. The lowest BCUT2D eigenvalue weighted by molar-refractivity contribution is 0.0473. The Morgan fingerprint density at radius 2 is 1.89 bits per heavy atom. The second kappa shape index (κ2) is 6.11. The minimum atomic E-state index is -0.312. The summed E-state index contributed by atoms with van der Waals surface area (Å²) in [5, 5.41) is 1.29. The minimum Gasteiger partial charge on any atom is -0.441 e. The molecule has 2 aliphatic heterocycles. The summed E-state index contributed by atoms with van der Waals surface area (Å²) in [6, 6.07) is 6.89. The number of hydrogen-bond donors (Lipinski definition) is 0. The van der Waals surface area contributed by atoms with Crippen molar-refractivity contribution in [1.29, 1.82) is 0 Å². The summed E-state index contributed by atoms with van der Waals surface area (Å²) in [5.74, 6) is 1.06. The molecule has 1 aromatic heterocycles. The fourth-order valence-corrected chi connectivity index (χ4v) is 5.06. The standard InChI is InChI=1S/C22H27N3O2/c1-15-11-20(23-19-13-17-6-3-5-16(17)12-18(15)19)25-9-4-7-22(8-10-25)14-24(2)21(26)27-22/h11-13H,3-10,14H2,1-2H3. The van der Waals surface area contributed by atoms with E-state index in [0.29, 0.717) is 6.54 Å². The van der Waals surface area contributed by atoms with Crippen molar-refractivity contribution in [3.05, 3.63) is 34.9 Å². The molecular weight excluding hydrogens is 338 g/mol. The van der Waals surface area contributed by atoms with Crippen LogP contribution in [0.25, 0.3) is 10.9 Å². The fourth-order valence-electron chi connectivity index (χ4n) is 5.06. The number of fused-ring (bicyclic) bond motifs is 2. The molecule has 1 aliphatic carbocycles. The SMILES string of the molecule is Cc1cc(N2CCCC3(CC2)CN(C)C(=O)O3)nc2cc3c(cc12)CCC3. The van der Waals surface area contributed by atoms with Gasteiger partial charge in [0.15, 0.2) is 0 Å². The summed E-state index contributed by atoms with van der Waals surface area (Å²) in [6.45, 7) is 4.74. The number of nitrogens with zero attached hydrogens (tertiary/aromatic N) is 3. The molecule has 1 spiro atoms. The van der Waals surface area contributed by atoms with Crippen molar-refractivity contribution in [1.82, 2.24) is 9.88 Å². The maximum atomic E-state index is 11.9. The lowest BCUT2D eigenvalue weighted by atomic mass is 9.95. The zero-order valence-corrected chi connectivity index (χ0v) is 16.3. The van der Waals surface area contributed by atoms with Crippen molar-refractivity contribution in [2.24, 2.45) is 0 Å². The van der Waals surface area contributed by atoms with E-state index in [-0.39, 0.29) is 11.7 Å². The number of anilines is 1. The van der Waals surface area contributed by atoms with Crippen LogP contribution < -0.4 is 4.90 Å². The summed E-state index contributed by atoms with van der Waals surface area (Å²) in [5.41, 5.74) is 5.09. The molecular formula is C22H27N3O2. The first kappa shape index (κ1) is 16.8. The number of amides is 1. The minimum absolute atomic E-state index is 0.183. The Morgan fingerprint density at radius 1 is 1.07 bits per heavy atom. The molecule has 1 unspecified atom stereocenters. The number of pyridine rings is 1. The van der Waals surface area contributed by atoms with Gasteiger partial charge in [-0.2, -0.15) is 0 Å². The Morgan fingerprint density at radius 3 is 2.67 bits per heavy atom. The number of likely N-dealkylation sites (N-methyl/N-ethyl adjacent to an activating group) is 1. The molecule has 0 bridgehead atoms. The van der Waals surface area contributed by atoms with Crippen molar-refractivity contribution >= 4 is 22.8 Å². The summed E-state index contributed by atoms with van der Waals surface area (Å²) in [7, 11) is 1.83. The molecule has 5 rings (SSSR count).